The predicted octanol–water partition coefficient (Wildman–Crippen LogP) is 6.75. The number of likely N-dealkylation sites (tertiary alicyclic amines) is 1. The Kier molecular flexibility index (Phi) is 10.4. The second-order valence-corrected chi connectivity index (χ2v) is 13.0. The van der Waals surface area contributed by atoms with E-state index in [0.29, 0.717) is 17.1 Å². The van der Waals surface area contributed by atoms with Gasteiger partial charge in [0.25, 0.3) is 0 Å². The fourth-order valence-corrected chi connectivity index (χ4v) is 7.19. The first kappa shape index (κ1) is 30.3. The molecule has 1 aromatic heterocycles. The van der Waals surface area contributed by atoms with Gasteiger partial charge in [0.05, 0.1) is 23.3 Å². The van der Waals surface area contributed by atoms with Crippen molar-refractivity contribution in [2.75, 3.05) is 37.0 Å². The van der Waals surface area contributed by atoms with Crippen molar-refractivity contribution >= 4 is 35.4 Å². The first-order valence-electron chi connectivity index (χ1n) is 14.8. The molecule has 40 heavy (non-hydrogen) atoms. The molecule has 0 bridgehead atoms. The van der Waals surface area contributed by atoms with Gasteiger partial charge in [-0.2, -0.15) is 0 Å². The number of piperidine rings is 1. The van der Waals surface area contributed by atoms with Gasteiger partial charge in [0.2, 0.25) is 6.41 Å². The van der Waals surface area contributed by atoms with E-state index in [9.17, 15) is 4.79 Å². The molecule has 2 aromatic rings. The SMILES string of the molecule is CC/C=C(/C)Nc1cnc(N)c(CC)c1.CC1CC[C@H](c2ccc3c(c2)NC(C2CC(N(C)C)C2)S3)N(C=O)C1. The number of thioether (sulfide) groups is 1. The number of hydrogen-bond donors (Lipinski definition) is 3. The highest BCUT2D eigenvalue weighted by Crippen LogP contribution is 2.48. The topological polar surface area (TPSA) is 86.5 Å². The van der Waals surface area contributed by atoms with Gasteiger partial charge in [0, 0.05) is 28.9 Å². The third-order valence-corrected chi connectivity index (χ3v) is 9.84. The van der Waals surface area contributed by atoms with Crippen LogP contribution in [0.1, 0.15) is 77.0 Å². The Morgan fingerprint density at radius 1 is 1.25 bits per heavy atom. The maximum absolute atomic E-state index is 11.5. The number of rotatable bonds is 8. The zero-order valence-corrected chi connectivity index (χ0v) is 25.9. The summed E-state index contributed by atoms with van der Waals surface area (Å²) < 4.78 is 0. The summed E-state index contributed by atoms with van der Waals surface area (Å²) in [7, 11) is 4.36. The standard InChI is InChI=1S/C20H29N3OS.C12H19N3/c1-13-4-6-18(23(11-13)12-24)14-5-7-19-17(10-14)21-20(25-19)15-8-16(9-15)22(2)3;1-4-6-9(3)15-11-7-10(5-2)12(13)14-8-11/h5,7,10,12-13,15-16,18,20-21H,4,6,8-9,11H2,1-3H3;6-8,15H,4-5H2,1-3H3,(H2,13,14)/b;9-6-/t13?,15?,16?,18-,20?;/m1./s1. The predicted molar refractivity (Wildman–Crippen MR) is 170 cm³/mol. The molecule has 2 aliphatic heterocycles. The summed E-state index contributed by atoms with van der Waals surface area (Å²) >= 11 is 1.98. The first-order valence-corrected chi connectivity index (χ1v) is 15.7. The fourth-order valence-electron chi connectivity index (χ4n) is 5.92. The number of nitrogens with zero attached hydrogens (tertiary/aromatic N) is 3. The van der Waals surface area contributed by atoms with Crippen molar-refractivity contribution in [1.82, 2.24) is 14.8 Å². The number of aromatic nitrogens is 1. The molecule has 8 heteroatoms. The van der Waals surface area contributed by atoms with Crippen LogP contribution in [0.2, 0.25) is 0 Å². The van der Waals surface area contributed by atoms with Gasteiger partial charge in [0.15, 0.2) is 0 Å². The molecule has 1 aliphatic carbocycles. The number of carbonyl (C=O) groups excluding carboxylic acids is 1. The number of aryl methyl sites for hydroxylation is 1. The Morgan fingerprint density at radius 2 is 2.02 bits per heavy atom. The van der Waals surface area contributed by atoms with Gasteiger partial charge < -0.3 is 26.2 Å². The van der Waals surface area contributed by atoms with Crippen LogP contribution < -0.4 is 16.4 Å². The Hall–Kier alpha value is -2.71. The summed E-state index contributed by atoms with van der Waals surface area (Å²) in [5.41, 5.74) is 11.5. The summed E-state index contributed by atoms with van der Waals surface area (Å²) in [6.45, 7) is 9.35. The van der Waals surface area contributed by atoms with Crippen LogP contribution >= 0.6 is 11.8 Å². The number of carbonyl (C=O) groups is 1. The average molecular weight is 565 g/mol. The minimum Gasteiger partial charge on any atom is -0.383 e. The minimum absolute atomic E-state index is 0.242. The van der Waals surface area contributed by atoms with Crippen LogP contribution in [0.5, 0.6) is 0 Å². The molecule has 3 heterocycles. The molecule has 0 spiro atoms. The molecule has 7 nitrogen and oxygen atoms in total. The van der Waals surface area contributed by atoms with Gasteiger partial charge >= 0.3 is 0 Å². The lowest BCUT2D eigenvalue weighted by molar-refractivity contribution is -0.122. The lowest BCUT2D eigenvalue weighted by Gasteiger charge is -2.42. The van der Waals surface area contributed by atoms with E-state index < -0.39 is 0 Å². The summed E-state index contributed by atoms with van der Waals surface area (Å²) in [4.78, 5) is 21.4. The van der Waals surface area contributed by atoms with Crippen LogP contribution in [-0.4, -0.2) is 53.2 Å². The van der Waals surface area contributed by atoms with E-state index in [2.05, 4.69) is 85.7 Å². The van der Waals surface area contributed by atoms with Crippen molar-refractivity contribution < 1.29 is 4.79 Å². The molecule has 1 saturated carbocycles. The smallest absolute Gasteiger partial charge is 0.210 e. The molecule has 0 radical (unpaired) electrons. The first-order chi connectivity index (χ1) is 19.2. The second-order valence-electron chi connectivity index (χ2n) is 11.8. The van der Waals surface area contributed by atoms with Crippen molar-refractivity contribution in [2.45, 2.75) is 88.6 Å². The minimum atomic E-state index is 0.242. The quantitative estimate of drug-likeness (QED) is 0.306. The fraction of sp³-hybridized carbons (Fsp3) is 0.562. The molecule has 4 N–H and O–H groups in total. The van der Waals surface area contributed by atoms with Crippen molar-refractivity contribution in [1.29, 1.82) is 0 Å². The lowest BCUT2D eigenvalue weighted by atomic mass is 9.79. The van der Waals surface area contributed by atoms with Gasteiger partial charge in [-0.3, -0.25) is 4.79 Å². The highest BCUT2D eigenvalue weighted by Gasteiger charge is 2.39. The van der Waals surface area contributed by atoms with Crippen LogP contribution in [0.3, 0.4) is 0 Å². The van der Waals surface area contributed by atoms with Gasteiger partial charge in [-0.05, 0) is 101 Å². The highest BCUT2D eigenvalue weighted by molar-refractivity contribution is 8.00. The van der Waals surface area contributed by atoms with E-state index in [0.717, 1.165) is 61.1 Å². The molecule has 1 saturated heterocycles. The van der Waals surface area contributed by atoms with Crippen molar-refractivity contribution in [3.8, 4) is 0 Å². The zero-order valence-electron chi connectivity index (χ0n) is 25.1. The number of amides is 1. The van der Waals surface area contributed by atoms with Crippen molar-refractivity contribution in [2.24, 2.45) is 11.8 Å². The van der Waals surface area contributed by atoms with E-state index in [4.69, 9.17) is 5.73 Å². The Balaban J connectivity index is 0.000000212. The number of pyridine rings is 1. The molecule has 2 fully saturated rings. The van der Waals surface area contributed by atoms with Crippen LogP contribution in [0, 0.1) is 11.8 Å². The van der Waals surface area contributed by atoms with Crippen LogP contribution in [0.15, 0.2) is 47.1 Å². The van der Waals surface area contributed by atoms with Crippen LogP contribution in [-0.2, 0) is 11.2 Å². The number of fused-ring (bicyclic) bond motifs is 1. The lowest BCUT2D eigenvalue weighted by Crippen LogP contribution is -2.45. The number of benzene rings is 1. The molecule has 5 rings (SSSR count). The van der Waals surface area contributed by atoms with Crippen LogP contribution in [0.25, 0.3) is 0 Å². The van der Waals surface area contributed by atoms with E-state index in [1.54, 1.807) is 6.20 Å². The Labute approximate surface area is 245 Å². The largest absolute Gasteiger partial charge is 0.383 e. The molecule has 2 unspecified atom stereocenters. The summed E-state index contributed by atoms with van der Waals surface area (Å²) in [5.74, 6) is 1.99. The van der Waals surface area contributed by atoms with E-state index in [1.165, 1.54) is 35.4 Å². The third-order valence-electron chi connectivity index (χ3n) is 8.47. The molecule has 1 amide bonds. The molecular weight excluding hydrogens is 516 g/mol. The number of allylic oxidation sites excluding steroid dienone is 2. The summed E-state index contributed by atoms with van der Waals surface area (Å²) in [5, 5.41) is 7.55. The normalized spacial score (nSPS) is 25.8. The summed E-state index contributed by atoms with van der Waals surface area (Å²) in [6, 6.07) is 9.82. The molecular formula is C32H48N6OS. The van der Waals surface area contributed by atoms with Crippen molar-refractivity contribution in [3.63, 3.8) is 0 Å². The third kappa shape index (κ3) is 7.32. The van der Waals surface area contributed by atoms with E-state index in [1.807, 2.05) is 23.6 Å². The van der Waals surface area contributed by atoms with E-state index >= 15 is 0 Å². The number of nitrogens with one attached hydrogen (secondary N) is 2. The Bertz CT molecular complexity index is 1180. The second kappa shape index (κ2) is 13.8. The molecule has 3 aliphatic rings. The average Bonchev–Trinajstić information content (AvgIpc) is 3.31. The maximum Gasteiger partial charge on any atom is 0.210 e. The molecule has 218 valence electrons. The number of hydrogen-bond acceptors (Lipinski definition) is 7. The number of nitrogen functional groups attached to an aromatic ring is 1. The molecule has 1 aromatic carbocycles. The number of anilines is 3. The zero-order chi connectivity index (χ0) is 28.8. The monoisotopic (exact) mass is 564 g/mol. The van der Waals surface area contributed by atoms with Gasteiger partial charge in [-0.15, -0.1) is 0 Å². The van der Waals surface area contributed by atoms with Gasteiger partial charge in [0.1, 0.15) is 5.82 Å². The van der Waals surface area contributed by atoms with E-state index in [-0.39, 0.29) is 6.04 Å². The van der Waals surface area contributed by atoms with Gasteiger partial charge in [-0.25, -0.2) is 4.98 Å². The van der Waals surface area contributed by atoms with Crippen LogP contribution in [0.4, 0.5) is 17.2 Å². The highest BCUT2D eigenvalue weighted by atomic mass is 32.2. The summed E-state index contributed by atoms with van der Waals surface area (Å²) in [6.07, 6.45) is 11.7. The molecule has 3 atom stereocenters. The Morgan fingerprint density at radius 3 is 2.70 bits per heavy atom. The van der Waals surface area contributed by atoms with Crippen molar-refractivity contribution in [3.05, 3.63) is 53.4 Å². The van der Waals surface area contributed by atoms with Gasteiger partial charge in [-0.1, -0.05) is 44.7 Å². The maximum atomic E-state index is 11.5. The number of nitrogens with two attached hydrogens (primary N) is 1.